The zero-order valence-corrected chi connectivity index (χ0v) is 4.77. The first-order valence-electron chi connectivity index (χ1n) is 1.75. The van der Waals surface area contributed by atoms with Gasteiger partial charge in [-0.15, -0.1) is 0 Å². The molecule has 48 valence electrons. The standard InChI is InChI=1S/C2H6N2O3S/c3-2(5)1-4-8(6)7/h4H,1H2,(H2,3,5)(H,6,7). The predicted octanol–water partition coefficient (Wildman–Crippen LogP) is -1.80. The maximum absolute atomic E-state index is 9.82. The quantitative estimate of drug-likeness (QED) is 0.402. The number of nitrogens with one attached hydrogen (secondary N) is 1. The minimum atomic E-state index is -2.14. The van der Waals surface area contributed by atoms with Gasteiger partial charge in [0.05, 0.1) is 6.54 Å². The van der Waals surface area contributed by atoms with E-state index in [4.69, 9.17) is 4.55 Å². The van der Waals surface area contributed by atoms with Gasteiger partial charge < -0.3 is 5.73 Å². The Kier molecular flexibility index (Phi) is 3.33. The lowest BCUT2D eigenvalue weighted by molar-refractivity contribution is -0.116. The molecule has 0 heterocycles. The zero-order valence-electron chi connectivity index (χ0n) is 3.96. The zero-order chi connectivity index (χ0) is 6.57. The van der Waals surface area contributed by atoms with Gasteiger partial charge in [0.1, 0.15) is 0 Å². The van der Waals surface area contributed by atoms with E-state index < -0.39 is 17.2 Å². The molecule has 1 atom stereocenters. The van der Waals surface area contributed by atoms with Crippen molar-refractivity contribution in [3.8, 4) is 0 Å². The van der Waals surface area contributed by atoms with Crippen LogP contribution in [0.1, 0.15) is 0 Å². The molecule has 0 aliphatic carbocycles. The Morgan fingerprint density at radius 3 is 2.50 bits per heavy atom. The van der Waals surface area contributed by atoms with Gasteiger partial charge in [-0.25, -0.2) is 8.93 Å². The monoisotopic (exact) mass is 138 g/mol. The summed E-state index contributed by atoms with van der Waals surface area (Å²) in [6.07, 6.45) is 0. The average molecular weight is 138 g/mol. The van der Waals surface area contributed by atoms with E-state index in [0.717, 1.165) is 0 Å². The molecule has 0 aliphatic heterocycles. The lowest BCUT2D eigenvalue weighted by atomic mass is 10.7. The Morgan fingerprint density at radius 2 is 2.38 bits per heavy atom. The van der Waals surface area contributed by atoms with Crippen molar-refractivity contribution in [2.45, 2.75) is 0 Å². The van der Waals surface area contributed by atoms with Crippen LogP contribution in [0.3, 0.4) is 0 Å². The Hall–Kier alpha value is -0.460. The summed E-state index contributed by atoms with van der Waals surface area (Å²) >= 11 is -2.14. The minimum Gasteiger partial charge on any atom is -0.369 e. The van der Waals surface area contributed by atoms with E-state index in [1.807, 2.05) is 4.72 Å². The molecule has 0 aromatic rings. The first-order chi connectivity index (χ1) is 3.63. The number of nitrogens with two attached hydrogens (primary N) is 1. The molecule has 0 bridgehead atoms. The molecule has 0 saturated carbocycles. The second-order valence-electron chi connectivity index (χ2n) is 1.04. The third-order valence-corrected chi connectivity index (χ3v) is 0.761. The van der Waals surface area contributed by atoms with Crippen molar-refractivity contribution in [3.63, 3.8) is 0 Å². The SMILES string of the molecule is NC(=O)CNS(=O)O. The van der Waals surface area contributed by atoms with Crippen LogP contribution in [0, 0.1) is 0 Å². The minimum absolute atomic E-state index is 0.275. The van der Waals surface area contributed by atoms with E-state index in [1.54, 1.807) is 0 Å². The Bertz CT molecular complexity index is 99.9. The molecule has 0 fully saturated rings. The summed E-state index contributed by atoms with van der Waals surface area (Å²) in [6, 6.07) is 0. The summed E-state index contributed by atoms with van der Waals surface area (Å²) < 4.78 is 19.5. The molecule has 1 amide bonds. The molecule has 8 heavy (non-hydrogen) atoms. The highest BCUT2D eigenvalue weighted by Gasteiger charge is 1.93. The van der Waals surface area contributed by atoms with Crippen molar-refractivity contribution in [2.24, 2.45) is 5.73 Å². The van der Waals surface area contributed by atoms with E-state index in [0.29, 0.717) is 0 Å². The molecule has 5 nitrogen and oxygen atoms in total. The van der Waals surface area contributed by atoms with Crippen molar-refractivity contribution >= 4 is 17.2 Å². The molecule has 0 aliphatic rings. The molecule has 0 rings (SSSR count). The normalized spacial score (nSPS) is 13.1. The number of carbonyl (C=O) groups is 1. The molecule has 0 aromatic carbocycles. The topological polar surface area (TPSA) is 92.4 Å². The van der Waals surface area contributed by atoms with Crippen LogP contribution in [0.15, 0.2) is 0 Å². The Labute approximate surface area is 48.7 Å². The molecule has 4 N–H and O–H groups in total. The number of carbonyl (C=O) groups excluding carboxylic acids is 1. The molecule has 0 radical (unpaired) electrons. The third-order valence-electron chi connectivity index (χ3n) is 0.370. The maximum Gasteiger partial charge on any atom is 0.232 e. The lowest BCUT2D eigenvalue weighted by Gasteiger charge is -1.90. The third kappa shape index (κ3) is 5.54. The van der Waals surface area contributed by atoms with Crippen molar-refractivity contribution in [1.82, 2.24) is 4.72 Å². The van der Waals surface area contributed by atoms with E-state index >= 15 is 0 Å². The van der Waals surface area contributed by atoms with Crippen LogP contribution in [-0.2, 0) is 16.1 Å². The largest absolute Gasteiger partial charge is 0.369 e. The Balaban J connectivity index is 3.18. The highest BCUT2D eigenvalue weighted by molar-refractivity contribution is 7.77. The average Bonchev–Trinajstić information content (AvgIpc) is 1.61. The predicted molar refractivity (Wildman–Crippen MR) is 28.0 cm³/mol. The van der Waals surface area contributed by atoms with Gasteiger partial charge in [0, 0.05) is 0 Å². The van der Waals surface area contributed by atoms with Crippen molar-refractivity contribution in [2.75, 3.05) is 6.54 Å². The van der Waals surface area contributed by atoms with Crippen molar-refractivity contribution in [1.29, 1.82) is 0 Å². The van der Waals surface area contributed by atoms with Crippen molar-refractivity contribution < 1.29 is 13.6 Å². The summed E-state index contributed by atoms with van der Waals surface area (Å²) in [7, 11) is 0. The van der Waals surface area contributed by atoms with Crippen LogP contribution < -0.4 is 10.5 Å². The van der Waals surface area contributed by atoms with Gasteiger partial charge in [0.15, 0.2) is 0 Å². The fourth-order valence-corrected chi connectivity index (χ4v) is 0.399. The van der Waals surface area contributed by atoms with Crippen LogP contribution in [0.2, 0.25) is 0 Å². The molecule has 1 unspecified atom stereocenters. The smallest absolute Gasteiger partial charge is 0.232 e. The van der Waals surface area contributed by atoms with E-state index in [-0.39, 0.29) is 6.54 Å². The Morgan fingerprint density at radius 1 is 1.88 bits per heavy atom. The van der Waals surface area contributed by atoms with Crippen LogP contribution >= 0.6 is 0 Å². The fraction of sp³-hybridized carbons (Fsp3) is 0.500. The number of rotatable bonds is 3. The van der Waals surface area contributed by atoms with Crippen molar-refractivity contribution in [3.05, 3.63) is 0 Å². The summed E-state index contributed by atoms with van der Waals surface area (Å²) in [5, 5.41) is 0. The van der Waals surface area contributed by atoms with Crippen LogP contribution in [0.4, 0.5) is 0 Å². The van der Waals surface area contributed by atoms with Gasteiger partial charge >= 0.3 is 0 Å². The molecular weight excluding hydrogens is 132 g/mol. The second kappa shape index (κ2) is 3.53. The summed E-state index contributed by atoms with van der Waals surface area (Å²) in [6.45, 7) is -0.275. The molecule has 0 saturated heterocycles. The first-order valence-corrected chi connectivity index (χ1v) is 2.86. The van der Waals surface area contributed by atoms with Gasteiger partial charge in [-0.1, -0.05) is 0 Å². The van der Waals surface area contributed by atoms with Gasteiger partial charge in [-0.3, -0.25) is 9.35 Å². The maximum atomic E-state index is 9.82. The molecule has 0 spiro atoms. The molecule has 6 heteroatoms. The van der Waals surface area contributed by atoms with Gasteiger partial charge in [-0.05, 0) is 0 Å². The molecule has 0 aromatic heterocycles. The summed E-state index contributed by atoms with van der Waals surface area (Å²) in [5.74, 6) is -0.660. The fourth-order valence-electron chi connectivity index (χ4n) is 0.133. The highest BCUT2D eigenvalue weighted by Crippen LogP contribution is 1.59. The van der Waals surface area contributed by atoms with Gasteiger partial charge in [-0.2, -0.15) is 0 Å². The summed E-state index contributed by atoms with van der Waals surface area (Å²) in [4.78, 5) is 9.82. The number of hydrogen-bond donors (Lipinski definition) is 3. The van der Waals surface area contributed by atoms with E-state index in [2.05, 4.69) is 5.73 Å². The molecular formula is C2H6N2O3S. The van der Waals surface area contributed by atoms with E-state index in [1.165, 1.54) is 0 Å². The van der Waals surface area contributed by atoms with Gasteiger partial charge in [0.25, 0.3) is 0 Å². The second-order valence-corrected chi connectivity index (χ2v) is 1.82. The van der Waals surface area contributed by atoms with Gasteiger partial charge in [0.2, 0.25) is 17.2 Å². The number of hydrogen-bond acceptors (Lipinski definition) is 2. The first kappa shape index (κ1) is 7.54. The van der Waals surface area contributed by atoms with Crippen LogP contribution in [0.5, 0.6) is 0 Å². The van der Waals surface area contributed by atoms with Crippen LogP contribution in [0.25, 0.3) is 0 Å². The van der Waals surface area contributed by atoms with Crippen LogP contribution in [-0.4, -0.2) is 21.2 Å². The number of primary amides is 1. The lowest BCUT2D eigenvalue weighted by Crippen LogP contribution is -2.29. The summed E-state index contributed by atoms with van der Waals surface area (Å²) in [5.41, 5.74) is 4.59. The highest BCUT2D eigenvalue weighted by atomic mass is 32.2. The number of amides is 1. The van der Waals surface area contributed by atoms with E-state index in [9.17, 15) is 9.00 Å².